The highest BCUT2D eigenvalue weighted by Crippen LogP contribution is 2.25. The number of fused-ring (bicyclic) bond motifs is 1. The van der Waals surface area contributed by atoms with E-state index in [2.05, 4.69) is 5.32 Å². The Balaban J connectivity index is 1.32. The minimum atomic E-state index is -0.181. The number of imidazole rings is 1. The van der Waals surface area contributed by atoms with Crippen LogP contribution in [0.15, 0.2) is 103 Å². The summed E-state index contributed by atoms with van der Waals surface area (Å²) in [6.07, 6.45) is 3.98. The van der Waals surface area contributed by atoms with Crippen molar-refractivity contribution in [2.45, 2.75) is 6.92 Å². The topological polar surface area (TPSA) is 55.6 Å². The van der Waals surface area contributed by atoms with Gasteiger partial charge in [0.1, 0.15) is 17.1 Å². The molecule has 5 nitrogen and oxygen atoms in total. The van der Waals surface area contributed by atoms with Crippen LogP contribution in [0.4, 0.5) is 5.69 Å². The number of nitrogens with one attached hydrogen (secondary N) is 1. The number of para-hydroxylation sites is 1. The average Bonchev–Trinajstić information content (AvgIpc) is 3.26. The normalized spacial score (nSPS) is 10.8. The SMILES string of the molecule is Cc1cccn2cc(-c3cccc(NC(=O)c4ccc(Oc5ccccc5)cc4)c3)nc12. The van der Waals surface area contributed by atoms with Gasteiger partial charge in [0.2, 0.25) is 0 Å². The summed E-state index contributed by atoms with van der Waals surface area (Å²) in [6, 6.07) is 28.4. The van der Waals surface area contributed by atoms with E-state index in [-0.39, 0.29) is 5.91 Å². The summed E-state index contributed by atoms with van der Waals surface area (Å²) < 4.78 is 7.80. The van der Waals surface area contributed by atoms with Gasteiger partial charge >= 0.3 is 0 Å². The molecule has 0 spiro atoms. The zero-order valence-corrected chi connectivity index (χ0v) is 17.5. The van der Waals surface area contributed by atoms with Gasteiger partial charge in [0.05, 0.1) is 5.69 Å². The third-order valence-electron chi connectivity index (χ3n) is 5.19. The molecule has 0 bridgehead atoms. The van der Waals surface area contributed by atoms with Gasteiger partial charge < -0.3 is 14.5 Å². The molecule has 0 aliphatic carbocycles. The van der Waals surface area contributed by atoms with Crippen molar-refractivity contribution in [1.29, 1.82) is 0 Å². The molecule has 0 unspecified atom stereocenters. The fourth-order valence-corrected chi connectivity index (χ4v) is 3.55. The van der Waals surface area contributed by atoms with Gasteiger partial charge in [-0.2, -0.15) is 0 Å². The lowest BCUT2D eigenvalue weighted by Crippen LogP contribution is -2.11. The van der Waals surface area contributed by atoms with Crippen LogP contribution in [0.2, 0.25) is 0 Å². The predicted molar refractivity (Wildman–Crippen MR) is 126 cm³/mol. The first-order valence-electron chi connectivity index (χ1n) is 10.3. The second kappa shape index (κ2) is 8.40. The Hall–Kier alpha value is -4.38. The molecule has 1 amide bonds. The zero-order valence-electron chi connectivity index (χ0n) is 17.5. The van der Waals surface area contributed by atoms with Crippen LogP contribution in [0, 0.1) is 6.92 Å². The van der Waals surface area contributed by atoms with Crippen LogP contribution >= 0.6 is 0 Å². The van der Waals surface area contributed by atoms with E-state index in [1.165, 1.54) is 0 Å². The van der Waals surface area contributed by atoms with Crippen LogP contribution in [0.1, 0.15) is 15.9 Å². The van der Waals surface area contributed by atoms with E-state index in [0.29, 0.717) is 17.0 Å². The number of aromatic nitrogens is 2. The molecule has 5 heteroatoms. The monoisotopic (exact) mass is 419 g/mol. The van der Waals surface area contributed by atoms with Crippen molar-refractivity contribution >= 4 is 17.2 Å². The number of hydrogen-bond donors (Lipinski definition) is 1. The van der Waals surface area contributed by atoms with E-state index >= 15 is 0 Å². The summed E-state index contributed by atoms with van der Waals surface area (Å²) >= 11 is 0. The van der Waals surface area contributed by atoms with E-state index < -0.39 is 0 Å². The Bertz CT molecular complexity index is 1390. The second-order valence-corrected chi connectivity index (χ2v) is 7.52. The summed E-state index contributed by atoms with van der Waals surface area (Å²) in [7, 11) is 0. The highest BCUT2D eigenvalue weighted by atomic mass is 16.5. The highest BCUT2D eigenvalue weighted by molar-refractivity contribution is 6.04. The van der Waals surface area contributed by atoms with Crippen molar-refractivity contribution in [3.63, 3.8) is 0 Å². The van der Waals surface area contributed by atoms with E-state index in [1.807, 2.05) is 90.4 Å². The molecule has 0 saturated carbocycles. The molecule has 0 fully saturated rings. The third-order valence-corrected chi connectivity index (χ3v) is 5.19. The first-order valence-corrected chi connectivity index (χ1v) is 10.3. The minimum Gasteiger partial charge on any atom is -0.457 e. The van der Waals surface area contributed by atoms with Gasteiger partial charge in [-0.25, -0.2) is 4.98 Å². The molecule has 2 heterocycles. The van der Waals surface area contributed by atoms with Gasteiger partial charge in [-0.1, -0.05) is 36.4 Å². The van der Waals surface area contributed by atoms with Crippen molar-refractivity contribution in [3.05, 3.63) is 115 Å². The number of ether oxygens (including phenoxy) is 1. The zero-order chi connectivity index (χ0) is 21.9. The van der Waals surface area contributed by atoms with Crippen molar-refractivity contribution < 1.29 is 9.53 Å². The lowest BCUT2D eigenvalue weighted by Gasteiger charge is -2.08. The number of aryl methyl sites for hydroxylation is 1. The number of amides is 1. The molecular formula is C27H21N3O2. The fraction of sp³-hybridized carbons (Fsp3) is 0.0370. The van der Waals surface area contributed by atoms with E-state index in [9.17, 15) is 4.79 Å². The Morgan fingerprint density at radius 3 is 2.44 bits per heavy atom. The molecule has 2 aromatic heterocycles. The molecule has 32 heavy (non-hydrogen) atoms. The number of hydrogen-bond acceptors (Lipinski definition) is 3. The van der Waals surface area contributed by atoms with E-state index in [1.54, 1.807) is 24.3 Å². The molecule has 0 atom stereocenters. The van der Waals surface area contributed by atoms with Gasteiger partial charge in [-0.05, 0) is 67.1 Å². The minimum absolute atomic E-state index is 0.181. The van der Waals surface area contributed by atoms with Crippen LogP contribution in [0.25, 0.3) is 16.9 Å². The van der Waals surface area contributed by atoms with Crippen molar-refractivity contribution in [2.24, 2.45) is 0 Å². The Labute approximate surface area is 185 Å². The predicted octanol–water partition coefficient (Wildman–Crippen LogP) is 6.35. The number of nitrogens with zero attached hydrogens (tertiary/aromatic N) is 2. The molecule has 0 aliphatic rings. The van der Waals surface area contributed by atoms with Crippen LogP contribution in [0.5, 0.6) is 11.5 Å². The molecule has 0 aliphatic heterocycles. The van der Waals surface area contributed by atoms with Gasteiger partial charge in [0.25, 0.3) is 5.91 Å². The maximum atomic E-state index is 12.7. The Morgan fingerprint density at radius 2 is 1.66 bits per heavy atom. The summed E-state index contributed by atoms with van der Waals surface area (Å²) in [5.74, 6) is 1.25. The van der Waals surface area contributed by atoms with Crippen LogP contribution < -0.4 is 10.1 Å². The van der Waals surface area contributed by atoms with Crippen LogP contribution in [-0.4, -0.2) is 15.3 Å². The maximum Gasteiger partial charge on any atom is 0.255 e. The van der Waals surface area contributed by atoms with Crippen molar-refractivity contribution in [1.82, 2.24) is 9.38 Å². The molecule has 0 radical (unpaired) electrons. The van der Waals surface area contributed by atoms with Gasteiger partial charge in [0.15, 0.2) is 0 Å². The molecule has 1 N–H and O–H groups in total. The first-order chi connectivity index (χ1) is 15.7. The molecular weight excluding hydrogens is 398 g/mol. The fourth-order valence-electron chi connectivity index (χ4n) is 3.55. The van der Waals surface area contributed by atoms with E-state index in [0.717, 1.165) is 28.2 Å². The second-order valence-electron chi connectivity index (χ2n) is 7.52. The lowest BCUT2D eigenvalue weighted by atomic mass is 10.1. The highest BCUT2D eigenvalue weighted by Gasteiger charge is 2.10. The molecule has 0 saturated heterocycles. The molecule has 156 valence electrons. The lowest BCUT2D eigenvalue weighted by molar-refractivity contribution is 0.102. The van der Waals surface area contributed by atoms with Gasteiger partial charge in [0, 0.05) is 29.2 Å². The third kappa shape index (κ3) is 4.09. The summed E-state index contributed by atoms with van der Waals surface area (Å²) in [4.78, 5) is 17.5. The van der Waals surface area contributed by atoms with Crippen molar-refractivity contribution in [3.8, 4) is 22.8 Å². The first kappa shape index (κ1) is 19.6. The summed E-state index contributed by atoms with van der Waals surface area (Å²) in [5.41, 5.74) is 5.11. The Kier molecular flexibility index (Phi) is 5.14. The standard InChI is InChI=1S/C27H21N3O2/c1-19-7-6-16-30-18-25(29-26(19)30)21-8-5-9-22(17-21)28-27(31)20-12-14-24(15-13-20)32-23-10-3-2-4-11-23/h2-18H,1H3,(H,28,31). The molecule has 5 aromatic rings. The summed E-state index contributed by atoms with van der Waals surface area (Å²) in [5, 5.41) is 2.97. The maximum absolute atomic E-state index is 12.7. The van der Waals surface area contributed by atoms with Crippen LogP contribution in [0.3, 0.4) is 0 Å². The van der Waals surface area contributed by atoms with Crippen molar-refractivity contribution in [2.75, 3.05) is 5.32 Å². The quantitative estimate of drug-likeness (QED) is 0.361. The smallest absolute Gasteiger partial charge is 0.255 e. The van der Waals surface area contributed by atoms with Gasteiger partial charge in [-0.3, -0.25) is 4.79 Å². The largest absolute Gasteiger partial charge is 0.457 e. The Morgan fingerprint density at radius 1 is 0.875 bits per heavy atom. The van der Waals surface area contributed by atoms with Gasteiger partial charge in [-0.15, -0.1) is 0 Å². The van der Waals surface area contributed by atoms with Crippen LogP contribution in [-0.2, 0) is 0 Å². The number of anilines is 1. The number of benzene rings is 3. The number of pyridine rings is 1. The molecule has 5 rings (SSSR count). The summed E-state index contributed by atoms with van der Waals surface area (Å²) in [6.45, 7) is 2.04. The number of carbonyl (C=O) groups excluding carboxylic acids is 1. The number of carbonyl (C=O) groups is 1. The number of rotatable bonds is 5. The average molecular weight is 419 g/mol. The molecule has 3 aromatic carbocycles. The van der Waals surface area contributed by atoms with E-state index in [4.69, 9.17) is 9.72 Å².